The first kappa shape index (κ1) is 36.5. The van der Waals surface area contributed by atoms with Crippen LogP contribution in [0.3, 0.4) is 0 Å². The fourth-order valence-corrected chi connectivity index (χ4v) is 10.4. The fourth-order valence-electron chi connectivity index (χ4n) is 10.4. The largest absolute Gasteiger partial charge is 0.313 e. The Bertz CT molecular complexity index is 3060. The van der Waals surface area contributed by atoms with Crippen LogP contribution in [0.5, 0.6) is 0 Å². The summed E-state index contributed by atoms with van der Waals surface area (Å²) in [7, 11) is 0. The molecule has 2 aliphatic carbocycles. The van der Waals surface area contributed by atoms with Gasteiger partial charge in [-0.3, -0.25) is 0 Å². The highest BCUT2D eigenvalue weighted by atomic mass is 15.0. The van der Waals surface area contributed by atoms with E-state index in [1.807, 2.05) is 6.07 Å². The first-order chi connectivity index (χ1) is 30.7. The monoisotopic (exact) mass is 798 g/mol. The molecular weight excluding hydrogens is 753 g/mol. The smallest absolute Gasteiger partial charge is 0.160 e. The molecule has 7 aromatic carbocycles. The van der Waals surface area contributed by atoms with Gasteiger partial charge in [-0.2, -0.15) is 0 Å². The van der Waals surface area contributed by atoms with E-state index in [4.69, 9.17) is 9.97 Å². The molecule has 2 aliphatic rings. The van der Waals surface area contributed by atoms with Crippen LogP contribution in [0.15, 0.2) is 182 Å². The molecule has 0 fully saturated rings. The molecule has 0 saturated carbocycles. The third kappa shape index (κ3) is 6.37. The van der Waals surface area contributed by atoms with E-state index in [0.717, 1.165) is 59.6 Å². The lowest BCUT2D eigenvalue weighted by atomic mass is 9.91. The molecular formula is C58H46N4. The van der Waals surface area contributed by atoms with Gasteiger partial charge in [0.25, 0.3) is 0 Å². The highest BCUT2D eigenvalue weighted by Crippen LogP contribution is 2.41. The van der Waals surface area contributed by atoms with Crippen LogP contribution in [0.25, 0.3) is 89.3 Å². The summed E-state index contributed by atoms with van der Waals surface area (Å²) in [6.45, 7) is 0. The van der Waals surface area contributed by atoms with Crippen molar-refractivity contribution in [1.82, 2.24) is 19.1 Å². The number of nitrogens with zero attached hydrogens (tertiary/aromatic N) is 4. The molecule has 0 spiro atoms. The zero-order valence-corrected chi connectivity index (χ0v) is 34.8. The van der Waals surface area contributed by atoms with Crippen LogP contribution in [0.1, 0.15) is 48.2 Å². The Labute approximate surface area is 362 Å². The molecule has 0 N–H and O–H groups in total. The summed E-state index contributed by atoms with van der Waals surface area (Å²) in [5.41, 5.74) is 20.7. The van der Waals surface area contributed by atoms with E-state index in [1.165, 1.54) is 104 Å². The summed E-state index contributed by atoms with van der Waals surface area (Å²) < 4.78 is 5.04. The molecule has 4 heteroatoms. The average Bonchev–Trinajstić information content (AvgIpc) is 3.87. The Morgan fingerprint density at radius 2 is 0.742 bits per heavy atom. The number of rotatable bonds is 7. The van der Waals surface area contributed by atoms with Crippen LogP contribution in [0.4, 0.5) is 0 Å². The lowest BCUT2D eigenvalue weighted by Crippen LogP contribution is -2.06. The molecule has 298 valence electrons. The Kier molecular flexibility index (Phi) is 9.02. The van der Waals surface area contributed by atoms with Gasteiger partial charge in [-0.05, 0) is 158 Å². The van der Waals surface area contributed by atoms with E-state index >= 15 is 0 Å². The molecule has 4 nitrogen and oxygen atoms in total. The summed E-state index contributed by atoms with van der Waals surface area (Å²) in [6, 6.07) is 66.3. The molecule has 62 heavy (non-hydrogen) atoms. The van der Waals surface area contributed by atoms with E-state index in [9.17, 15) is 0 Å². The molecule has 0 saturated heterocycles. The van der Waals surface area contributed by atoms with E-state index in [-0.39, 0.29) is 0 Å². The second kappa shape index (κ2) is 15.3. The number of aromatic nitrogens is 4. The third-order valence-electron chi connectivity index (χ3n) is 13.3. The van der Waals surface area contributed by atoms with Crippen LogP contribution in [0.2, 0.25) is 0 Å². The number of benzene rings is 7. The van der Waals surface area contributed by atoms with Gasteiger partial charge in [0.1, 0.15) is 0 Å². The second-order valence-corrected chi connectivity index (χ2v) is 17.1. The van der Waals surface area contributed by atoms with Gasteiger partial charge in [0.2, 0.25) is 0 Å². The molecule has 12 rings (SSSR count). The predicted molar refractivity (Wildman–Crippen MR) is 256 cm³/mol. The van der Waals surface area contributed by atoms with Gasteiger partial charge >= 0.3 is 0 Å². The molecule has 0 unspecified atom stereocenters. The van der Waals surface area contributed by atoms with Crippen LogP contribution >= 0.6 is 0 Å². The zero-order chi connectivity index (χ0) is 41.0. The first-order valence-electron chi connectivity index (χ1n) is 22.3. The maximum atomic E-state index is 5.34. The van der Waals surface area contributed by atoms with Crippen molar-refractivity contribution in [2.45, 2.75) is 51.4 Å². The van der Waals surface area contributed by atoms with Gasteiger partial charge in [0.05, 0.1) is 22.4 Å². The van der Waals surface area contributed by atoms with E-state index in [0.29, 0.717) is 0 Å². The summed E-state index contributed by atoms with van der Waals surface area (Å²) in [4.78, 5) is 10.5. The van der Waals surface area contributed by atoms with Gasteiger partial charge < -0.3 is 9.13 Å². The molecule has 0 aliphatic heterocycles. The topological polar surface area (TPSA) is 35.6 Å². The van der Waals surface area contributed by atoms with Crippen molar-refractivity contribution in [2.24, 2.45) is 0 Å². The Balaban J connectivity index is 1.08. The van der Waals surface area contributed by atoms with Gasteiger partial charge in [-0.15, -0.1) is 0 Å². The summed E-state index contributed by atoms with van der Waals surface area (Å²) in [5.74, 6) is 0.722. The molecule has 0 bridgehead atoms. The highest BCUT2D eigenvalue weighted by molar-refractivity contribution is 5.95. The van der Waals surface area contributed by atoms with Crippen molar-refractivity contribution in [3.8, 4) is 67.5 Å². The summed E-state index contributed by atoms with van der Waals surface area (Å²) in [5, 5.41) is 2.73. The summed E-state index contributed by atoms with van der Waals surface area (Å²) in [6.07, 6.45) is 9.34. The van der Waals surface area contributed by atoms with Gasteiger partial charge in [0.15, 0.2) is 5.82 Å². The Hall–Kier alpha value is -7.30. The van der Waals surface area contributed by atoms with Crippen molar-refractivity contribution in [3.63, 3.8) is 0 Å². The number of hydrogen-bond donors (Lipinski definition) is 0. The van der Waals surface area contributed by atoms with Crippen molar-refractivity contribution in [2.75, 3.05) is 0 Å². The Morgan fingerprint density at radius 1 is 0.323 bits per heavy atom. The number of fused-ring (bicyclic) bond motifs is 6. The van der Waals surface area contributed by atoms with Crippen molar-refractivity contribution in [1.29, 1.82) is 0 Å². The van der Waals surface area contributed by atoms with Gasteiger partial charge in [-0.25, -0.2) is 9.97 Å². The molecule has 3 aromatic heterocycles. The molecule has 10 aromatic rings. The number of aryl methyl sites for hydroxylation is 2. The van der Waals surface area contributed by atoms with Crippen molar-refractivity contribution < 1.29 is 0 Å². The first-order valence-corrected chi connectivity index (χ1v) is 22.3. The lowest BCUT2D eigenvalue weighted by molar-refractivity contribution is 0.667. The normalized spacial score (nSPS) is 13.6. The molecule has 0 amide bonds. The van der Waals surface area contributed by atoms with Crippen molar-refractivity contribution >= 4 is 21.8 Å². The minimum absolute atomic E-state index is 0.722. The number of hydrogen-bond acceptors (Lipinski definition) is 2. The fraction of sp³-hybridized carbons (Fsp3) is 0.138. The van der Waals surface area contributed by atoms with Crippen molar-refractivity contribution in [3.05, 3.63) is 205 Å². The van der Waals surface area contributed by atoms with E-state index in [1.54, 1.807) is 0 Å². The Morgan fingerprint density at radius 3 is 1.24 bits per heavy atom. The van der Waals surface area contributed by atoms with E-state index < -0.39 is 0 Å². The molecule has 0 radical (unpaired) electrons. The molecule has 0 atom stereocenters. The van der Waals surface area contributed by atoms with Crippen LogP contribution in [0, 0.1) is 0 Å². The molecule has 3 heterocycles. The van der Waals surface area contributed by atoms with Gasteiger partial charge in [-0.1, -0.05) is 109 Å². The minimum Gasteiger partial charge on any atom is -0.313 e. The summed E-state index contributed by atoms with van der Waals surface area (Å²) >= 11 is 0. The van der Waals surface area contributed by atoms with Crippen LogP contribution in [-0.2, 0) is 25.7 Å². The van der Waals surface area contributed by atoms with Crippen LogP contribution < -0.4 is 0 Å². The second-order valence-electron chi connectivity index (χ2n) is 17.1. The standard InChI is InChI=1S/C58H46N4/c1-5-17-39(18-6-1)52-38-53(60-58(59-52)40-19-7-2-8-20-40)45-34-43(41-29-31-56-50(36-41)48-25-13-15-27-54(48)61(56)46-21-9-3-10-22-46)33-44(35-45)42-30-32-57-51(37-42)49-26-14-16-28-55(49)62(57)47-23-11-4-12-24-47/h1-12,17-24,29-38H,13-16,25-28H2. The van der Waals surface area contributed by atoms with E-state index in [2.05, 4.69) is 185 Å². The highest BCUT2D eigenvalue weighted by Gasteiger charge is 2.24. The maximum Gasteiger partial charge on any atom is 0.160 e. The lowest BCUT2D eigenvalue weighted by Gasteiger charge is -2.16. The average molecular weight is 799 g/mol. The van der Waals surface area contributed by atoms with Gasteiger partial charge in [0, 0.05) is 50.2 Å². The third-order valence-corrected chi connectivity index (χ3v) is 13.3. The number of para-hydroxylation sites is 2. The maximum absolute atomic E-state index is 5.34. The SMILES string of the molecule is c1ccc(-c2cc(-c3cc(-c4ccc5c(c4)c4c(n5-c5ccccc5)CCCC4)cc(-c4ccc5c(c4)c4c(n5-c5ccccc5)CCCC4)c3)nc(-c3ccccc3)n2)cc1. The minimum atomic E-state index is 0.722. The quantitative estimate of drug-likeness (QED) is 0.161. The predicted octanol–water partition coefficient (Wildman–Crippen LogP) is 14.5. The zero-order valence-electron chi connectivity index (χ0n) is 34.8. The van der Waals surface area contributed by atoms with Crippen LogP contribution in [-0.4, -0.2) is 19.1 Å².